The second-order valence-corrected chi connectivity index (χ2v) is 3.46. The fourth-order valence-corrected chi connectivity index (χ4v) is 1.51. The van der Waals surface area contributed by atoms with Gasteiger partial charge in [0.15, 0.2) is 11.6 Å². The minimum Gasteiger partial charge on any atom is -0.504 e. The first-order valence-corrected chi connectivity index (χ1v) is 4.70. The standard InChI is InChI=1S/C10H10BrFO2/c1-13-4-3-7-5-8(11)6-9(12)10(7)14-2/h3-6H,1-2H3. The predicted molar refractivity (Wildman–Crippen MR) is 56.7 cm³/mol. The molecule has 76 valence electrons. The molecular weight excluding hydrogens is 251 g/mol. The summed E-state index contributed by atoms with van der Waals surface area (Å²) < 4.78 is 23.6. The first-order valence-electron chi connectivity index (χ1n) is 3.91. The molecule has 0 N–H and O–H groups in total. The Morgan fingerprint density at radius 3 is 2.64 bits per heavy atom. The van der Waals surface area contributed by atoms with Gasteiger partial charge in [-0.1, -0.05) is 15.9 Å². The summed E-state index contributed by atoms with van der Waals surface area (Å²) in [5, 5.41) is 0. The van der Waals surface area contributed by atoms with Gasteiger partial charge in [-0.3, -0.25) is 0 Å². The fraction of sp³-hybridized carbons (Fsp3) is 0.200. The highest BCUT2D eigenvalue weighted by atomic mass is 79.9. The van der Waals surface area contributed by atoms with Crippen LogP contribution in [0.5, 0.6) is 5.75 Å². The Bertz CT molecular complexity index is 350. The van der Waals surface area contributed by atoms with Crippen LogP contribution in [0.2, 0.25) is 0 Å². The van der Waals surface area contributed by atoms with E-state index in [1.165, 1.54) is 26.5 Å². The summed E-state index contributed by atoms with van der Waals surface area (Å²) in [6.07, 6.45) is 3.09. The van der Waals surface area contributed by atoms with E-state index in [2.05, 4.69) is 15.9 Å². The maximum absolute atomic E-state index is 13.3. The summed E-state index contributed by atoms with van der Waals surface area (Å²) in [5.74, 6) is -0.195. The molecule has 4 heteroatoms. The number of rotatable bonds is 3. The molecule has 0 aliphatic heterocycles. The summed E-state index contributed by atoms with van der Waals surface area (Å²) in [6, 6.07) is 3.10. The molecule has 14 heavy (non-hydrogen) atoms. The molecule has 0 saturated heterocycles. The smallest absolute Gasteiger partial charge is 0.166 e. The average molecular weight is 261 g/mol. The Hall–Kier alpha value is -1.03. The van der Waals surface area contributed by atoms with Crippen LogP contribution in [0.1, 0.15) is 5.56 Å². The summed E-state index contributed by atoms with van der Waals surface area (Å²) in [7, 11) is 2.95. The van der Waals surface area contributed by atoms with Crippen molar-refractivity contribution in [3.63, 3.8) is 0 Å². The largest absolute Gasteiger partial charge is 0.504 e. The highest BCUT2D eigenvalue weighted by molar-refractivity contribution is 9.10. The van der Waals surface area contributed by atoms with Crippen LogP contribution in [0.4, 0.5) is 4.39 Å². The van der Waals surface area contributed by atoms with E-state index in [4.69, 9.17) is 9.47 Å². The van der Waals surface area contributed by atoms with Crippen LogP contribution in [0, 0.1) is 5.82 Å². The van der Waals surface area contributed by atoms with Crippen LogP contribution in [0.25, 0.3) is 6.08 Å². The van der Waals surface area contributed by atoms with E-state index < -0.39 is 5.82 Å². The zero-order chi connectivity index (χ0) is 10.6. The highest BCUT2D eigenvalue weighted by Gasteiger charge is 2.08. The molecule has 1 aromatic carbocycles. The second-order valence-electron chi connectivity index (χ2n) is 2.55. The van der Waals surface area contributed by atoms with E-state index >= 15 is 0 Å². The van der Waals surface area contributed by atoms with Gasteiger partial charge < -0.3 is 9.47 Å². The maximum Gasteiger partial charge on any atom is 0.166 e. The lowest BCUT2D eigenvalue weighted by molar-refractivity contribution is 0.341. The van der Waals surface area contributed by atoms with Crippen LogP contribution < -0.4 is 4.74 Å². The molecule has 1 aromatic rings. The quantitative estimate of drug-likeness (QED) is 0.778. The summed E-state index contributed by atoms with van der Waals surface area (Å²) in [4.78, 5) is 0. The number of halogens is 2. The summed E-state index contributed by atoms with van der Waals surface area (Å²) in [5.41, 5.74) is 0.626. The van der Waals surface area contributed by atoms with Gasteiger partial charge in [0.05, 0.1) is 20.5 Å². The van der Waals surface area contributed by atoms with Gasteiger partial charge in [0.2, 0.25) is 0 Å². The SMILES string of the molecule is COC=Cc1cc(Br)cc(F)c1OC. The van der Waals surface area contributed by atoms with Crippen molar-refractivity contribution in [2.45, 2.75) is 0 Å². The van der Waals surface area contributed by atoms with Crippen molar-refractivity contribution in [2.24, 2.45) is 0 Å². The fourth-order valence-electron chi connectivity index (χ4n) is 1.06. The van der Waals surface area contributed by atoms with Crippen molar-refractivity contribution in [1.29, 1.82) is 0 Å². The van der Waals surface area contributed by atoms with Gasteiger partial charge in [0.25, 0.3) is 0 Å². The van der Waals surface area contributed by atoms with E-state index in [0.717, 1.165) is 0 Å². The van der Waals surface area contributed by atoms with Gasteiger partial charge >= 0.3 is 0 Å². The molecule has 0 amide bonds. The Balaban J connectivity index is 3.18. The van der Waals surface area contributed by atoms with Crippen LogP contribution in [0.15, 0.2) is 22.9 Å². The van der Waals surface area contributed by atoms with Crippen molar-refractivity contribution in [2.75, 3.05) is 14.2 Å². The maximum atomic E-state index is 13.3. The first kappa shape index (κ1) is 11.0. The Kier molecular flexibility index (Phi) is 3.95. The van der Waals surface area contributed by atoms with E-state index in [1.807, 2.05) is 0 Å². The summed E-state index contributed by atoms with van der Waals surface area (Å²) in [6.45, 7) is 0. The molecule has 0 aliphatic rings. The normalized spacial score (nSPS) is 10.6. The Morgan fingerprint density at radius 1 is 1.36 bits per heavy atom. The zero-order valence-corrected chi connectivity index (χ0v) is 9.47. The van der Waals surface area contributed by atoms with Crippen LogP contribution in [0.3, 0.4) is 0 Å². The Labute approximate surface area is 90.5 Å². The van der Waals surface area contributed by atoms with Crippen molar-refractivity contribution in [1.82, 2.24) is 0 Å². The second kappa shape index (κ2) is 5.00. The van der Waals surface area contributed by atoms with Crippen LogP contribution >= 0.6 is 15.9 Å². The molecule has 0 bridgehead atoms. The lowest BCUT2D eigenvalue weighted by atomic mass is 10.2. The summed E-state index contributed by atoms with van der Waals surface area (Å²) >= 11 is 3.20. The van der Waals surface area contributed by atoms with Gasteiger partial charge in [-0.2, -0.15) is 0 Å². The van der Waals surface area contributed by atoms with Crippen molar-refractivity contribution in [3.8, 4) is 5.75 Å². The molecule has 0 heterocycles. The average Bonchev–Trinajstić information content (AvgIpc) is 2.14. The Morgan fingerprint density at radius 2 is 2.07 bits per heavy atom. The highest BCUT2D eigenvalue weighted by Crippen LogP contribution is 2.27. The molecule has 0 spiro atoms. The van der Waals surface area contributed by atoms with E-state index in [1.54, 1.807) is 12.1 Å². The molecule has 0 fully saturated rings. The molecule has 0 unspecified atom stereocenters. The van der Waals surface area contributed by atoms with Crippen molar-refractivity contribution < 1.29 is 13.9 Å². The van der Waals surface area contributed by atoms with Gasteiger partial charge in [0.1, 0.15) is 0 Å². The molecule has 1 rings (SSSR count). The minimum atomic E-state index is -0.405. The first-order chi connectivity index (χ1) is 6.69. The lowest BCUT2D eigenvalue weighted by Crippen LogP contribution is -1.91. The molecule has 0 aliphatic carbocycles. The molecule has 0 aromatic heterocycles. The monoisotopic (exact) mass is 260 g/mol. The van der Waals surface area contributed by atoms with Crippen molar-refractivity contribution >= 4 is 22.0 Å². The minimum absolute atomic E-state index is 0.210. The van der Waals surface area contributed by atoms with E-state index in [9.17, 15) is 4.39 Å². The number of ether oxygens (including phenoxy) is 2. The van der Waals surface area contributed by atoms with Crippen molar-refractivity contribution in [3.05, 3.63) is 34.2 Å². The number of hydrogen-bond donors (Lipinski definition) is 0. The van der Waals surface area contributed by atoms with Gasteiger partial charge in [-0.15, -0.1) is 0 Å². The van der Waals surface area contributed by atoms with Gasteiger partial charge in [0, 0.05) is 10.0 Å². The third-order valence-electron chi connectivity index (χ3n) is 1.62. The third kappa shape index (κ3) is 2.48. The molecular formula is C10H10BrFO2. The van der Waals surface area contributed by atoms with Crippen LogP contribution in [-0.2, 0) is 4.74 Å². The number of hydrogen-bond acceptors (Lipinski definition) is 2. The number of methoxy groups -OCH3 is 2. The van der Waals surface area contributed by atoms with E-state index in [-0.39, 0.29) is 5.75 Å². The lowest BCUT2D eigenvalue weighted by Gasteiger charge is -2.06. The van der Waals surface area contributed by atoms with Crippen LogP contribution in [-0.4, -0.2) is 14.2 Å². The molecule has 0 radical (unpaired) electrons. The third-order valence-corrected chi connectivity index (χ3v) is 2.08. The van der Waals surface area contributed by atoms with E-state index in [0.29, 0.717) is 10.0 Å². The zero-order valence-electron chi connectivity index (χ0n) is 7.88. The van der Waals surface area contributed by atoms with Gasteiger partial charge in [-0.05, 0) is 18.2 Å². The topological polar surface area (TPSA) is 18.5 Å². The molecule has 0 atom stereocenters. The number of benzene rings is 1. The molecule has 2 nitrogen and oxygen atoms in total. The van der Waals surface area contributed by atoms with Gasteiger partial charge in [-0.25, -0.2) is 4.39 Å². The molecule has 0 saturated carbocycles. The predicted octanol–water partition coefficient (Wildman–Crippen LogP) is 3.21.